The first kappa shape index (κ1) is 19.4. The Labute approximate surface area is 139 Å². The molecule has 0 aliphatic carbocycles. The molecule has 0 aliphatic rings. The number of aliphatic imine (C=N–C) groups is 1. The number of aliphatic hydroxyl groups excluding tert-OH is 1. The van der Waals surface area contributed by atoms with Crippen LogP contribution in [-0.2, 0) is 6.54 Å². The van der Waals surface area contributed by atoms with Crippen molar-refractivity contribution in [2.45, 2.75) is 27.0 Å². The van der Waals surface area contributed by atoms with Gasteiger partial charge in [-0.3, -0.25) is 0 Å². The van der Waals surface area contributed by atoms with E-state index in [1.165, 1.54) is 12.1 Å². The number of aliphatic hydroxyl groups is 1. The second-order valence-corrected chi connectivity index (χ2v) is 5.43. The van der Waals surface area contributed by atoms with Crippen LogP contribution in [-0.4, -0.2) is 37.4 Å². The third-order valence-corrected chi connectivity index (χ3v) is 3.16. The van der Waals surface area contributed by atoms with Gasteiger partial charge in [0.25, 0.3) is 0 Å². The van der Waals surface area contributed by atoms with Crippen molar-refractivity contribution >= 4 is 17.6 Å². The van der Waals surface area contributed by atoms with Crippen LogP contribution in [0.5, 0.6) is 5.75 Å². The summed E-state index contributed by atoms with van der Waals surface area (Å²) >= 11 is 5.90. The summed E-state index contributed by atoms with van der Waals surface area (Å²) in [6, 6.07) is 4.43. The smallest absolute Gasteiger partial charge is 0.387 e. The highest BCUT2D eigenvalue weighted by atomic mass is 35.5. The summed E-state index contributed by atoms with van der Waals surface area (Å²) in [4.78, 5) is 4.33. The Balaban J connectivity index is 2.83. The molecule has 0 aliphatic heterocycles. The Morgan fingerprint density at radius 2 is 2.13 bits per heavy atom. The lowest BCUT2D eigenvalue weighted by atomic mass is 10.2. The number of halogens is 3. The van der Waals surface area contributed by atoms with Crippen molar-refractivity contribution in [3.8, 4) is 5.75 Å². The topological polar surface area (TPSA) is 65.9 Å². The molecule has 1 aromatic carbocycles. The summed E-state index contributed by atoms with van der Waals surface area (Å²) < 4.78 is 29.3. The fraction of sp³-hybridized carbons (Fsp3) is 0.533. The minimum atomic E-state index is -2.91. The Hall–Kier alpha value is -1.60. The maximum absolute atomic E-state index is 12.4. The molecule has 3 N–H and O–H groups in total. The highest BCUT2D eigenvalue weighted by Gasteiger charge is 2.10. The molecule has 0 aromatic heterocycles. The highest BCUT2D eigenvalue weighted by molar-refractivity contribution is 6.30. The normalized spacial score (nSPS) is 13.1. The molecule has 0 spiro atoms. The van der Waals surface area contributed by atoms with Crippen molar-refractivity contribution in [2.24, 2.45) is 10.9 Å². The largest absolute Gasteiger partial charge is 0.434 e. The summed E-state index contributed by atoms with van der Waals surface area (Å²) in [6.45, 7) is 2.28. The van der Waals surface area contributed by atoms with E-state index in [-0.39, 0.29) is 24.8 Å². The molecule has 23 heavy (non-hydrogen) atoms. The van der Waals surface area contributed by atoms with Gasteiger partial charge in [0.1, 0.15) is 5.75 Å². The van der Waals surface area contributed by atoms with Crippen LogP contribution in [0.2, 0.25) is 5.02 Å². The van der Waals surface area contributed by atoms with Crippen molar-refractivity contribution in [1.82, 2.24) is 10.6 Å². The van der Waals surface area contributed by atoms with Crippen LogP contribution in [0.1, 0.15) is 19.4 Å². The average Bonchev–Trinajstić information content (AvgIpc) is 2.51. The summed E-state index contributed by atoms with van der Waals surface area (Å²) in [5.41, 5.74) is 0.463. The summed E-state index contributed by atoms with van der Waals surface area (Å²) in [5, 5.41) is 15.6. The van der Waals surface area contributed by atoms with E-state index in [1.54, 1.807) is 6.07 Å². The van der Waals surface area contributed by atoms with E-state index in [1.807, 2.05) is 13.8 Å². The minimum absolute atomic E-state index is 0.0488. The third-order valence-electron chi connectivity index (χ3n) is 2.92. The Bertz CT molecular complexity index is 515. The van der Waals surface area contributed by atoms with Crippen LogP contribution >= 0.6 is 11.6 Å². The Morgan fingerprint density at radius 3 is 2.74 bits per heavy atom. The molecule has 1 rings (SSSR count). The van der Waals surface area contributed by atoms with E-state index in [0.717, 1.165) is 0 Å². The Kier molecular flexibility index (Phi) is 8.65. The number of nitrogens with one attached hydrogen (secondary N) is 2. The fourth-order valence-corrected chi connectivity index (χ4v) is 1.92. The van der Waals surface area contributed by atoms with Gasteiger partial charge < -0.3 is 20.5 Å². The highest BCUT2D eigenvalue weighted by Crippen LogP contribution is 2.25. The minimum Gasteiger partial charge on any atom is -0.434 e. The van der Waals surface area contributed by atoms with Crippen LogP contribution < -0.4 is 15.4 Å². The zero-order chi connectivity index (χ0) is 17.2. The van der Waals surface area contributed by atoms with Gasteiger partial charge in [-0.15, -0.1) is 0 Å². The van der Waals surface area contributed by atoms with Gasteiger partial charge in [-0.25, -0.2) is 4.99 Å². The van der Waals surface area contributed by atoms with Crippen molar-refractivity contribution < 1.29 is 18.6 Å². The number of benzene rings is 1. The lowest BCUT2D eigenvalue weighted by Crippen LogP contribution is -2.39. The van der Waals surface area contributed by atoms with Crippen LogP contribution in [0.25, 0.3) is 0 Å². The quantitative estimate of drug-likeness (QED) is 0.498. The molecule has 8 heteroatoms. The van der Waals surface area contributed by atoms with E-state index < -0.39 is 6.61 Å². The molecule has 1 atom stereocenters. The molecule has 0 amide bonds. The molecule has 0 saturated heterocycles. The molecule has 1 unspecified atom stereocenters. The van der Waals surface area contributed by atoms with Crippen molar-refractivity contribution in [1.29, 1.82) is 0 Å². The predicted octanol–water partition coefficient (Wildman–Crippen LogP) is 2.62. The van der Waals surface area contributed by atoms with Gasteiger partial charge in [-0.1, -0.05) is 18.5 Å². The van der Waals surface area contributed by atoms with Gasteiger partial charge in [0.05, 0.1) is 6.54 Å². The number of nitrogens with zero attached hydrogens (tertiary/aromatic N) is 1. The summed E-state index contributed by atoms with van der Waals surface area (Å²) in [5.74, 6) is 0.645. The van der Waals surface area contributed by atoms with Crippen molar-refractivity contribution in [3.63, 3.8) is 0 Å². The zero-order valence-corrected chi connectivity index (χ0v) is 13.9. The molecule has 0 radical (unpaired) electrons. The summed E-state index contributed by atoms with van der Waals surface area (Å²) in [6.07, 6.45) is 0. The lowest BCUT2D eigenvalue weighted by Gasteiger charge is -2.15. The number of rotatable bonds is 8. The van der Waals surface area contributed by atoms with Gasteiger partial charge in [-0.2, -0.15) is 8.78 Å². The van der Waals surface area contributed by atoms with E-state index in [0.29, 0.717) is 29.6 Å². The molecule has 0 bridgehead atoms. The molecular weight excluding hydrogens is 328 g/mol. The van der Waals surface area contributed by atoms with Crippen LogP contribution in [0.4, 0.5) is 8.78 Å². The maximum atomic E-state index is 12.4. The maximum Gasteiger partial charge on any atom is 0.387 e. The number of alkyl halides is 2. The van der Waals surface area contributed by atoms with E-state index in [9.17, 15) is 8.78 Å². The van der Waals surface area contributed by atoms with E-state index in [2.05, 4.69) is 20.4 Å². The van der Waals surface area contributed by atoms with Gasteiger partial charge in [0.15, 0.2) is 5.96 Å². The van der Waals surface area contributed by atoms with Crippen LogP contribution in [0, 0.1) is 5.92 Å². The zero-order valence-electron chi connectivity index (χ0n) is 13.2. The standard InChI is InChI=1S/C15H22ClF2N3O2/c1-3-19-15(20-7-10(2)9-22)21-8-11-6-12(16)4-5-13(11)23-14(17)18/h4-6,10,14,22H,3,7-9H2,1-2H3,(H2,19,20,21). The average molecular weight is 350 g/mol. The molecule has 0 heterocycles. The summed E-state index contributed by atoms with van der Waals surface area (Å²) in [7, 11) is 0. The van der Waals surface area contributed by atoms with Crippen LogP contribution in [0.3, 0.4) is 0 Å². The van der Waals surface area contributed by atoms with Gasteiger partial charge in [0.2, 0.25) is 0 Å². The second kappa shape index (κ2) is 10.2. The first-order valence-electron chi connectivity index (χ1n) is 7.32. The Morgan fingerprint density at radius 1 is 1.39 bits per heavy atom. The molecule has 130 valence electrons. The SMILES string of the molecule is CCNC(=NCc1cc(Cl)ccc1OC(F)F)NCC(C)CO. The molecular formula is C15H22ClF2N3O2. The number of ether oxygens (including phenoxy) is 1. The number of hydrogen-bond acceptors (Lipinski definition) is 3. The molecule has 5 nitrogen and oxygen atoms in total. The van der Waals surface area contributed by atoms with Crippen molar-refractivity contribution in [2.75, 3.05) is 19.7 Å². The number of guanidine groups is 1. The van der Waals surface area contributed by atoms with Gasteiger partial charge in [0, 0.05) is 30.3 Å². The van der Waals surface area contributed by atoms with E-state index >= 15 is 0 Å². The third kappa shape index (κ3) is 7.47. The van der Waals surface area contributed by atoms with Gasteiger partial charge in [-0.05, 0) is 31.0 Å². The predicted molar refractivity (Wildman–Crippen MR) is 87.2 cm³/mol. The molecule has 0 fully saturated rings. The van der Waals surface area contributed by atoms with Crippen LogP contribution in [0.15, 0.2) is 23.2 Å². The van der Waals surface area contributed by atoms with Gasteiger partial charge >= 0.3 is 6.61 Å². The molecule has 1 aromatic rings. The lowest BCUT2D eigenvalue weighted by molar-refractivity contribution is -0.0504. The van der Waals surface area contributed by atoms with E-state index in [4.69, 9.17) is 16.7 Å². The first-order chi connectivity index (χ1) is 11.0. The monoisotopic (exact) mass is 349 g/mol. The molecule has 0 saturated carbocycles. The second-order valence-electron chi connectivity index (χ2n) is 4.99. The first-order valence-corrected chi connectivity index (χ1v) is 7.70. The fourth-order valence-electron chi connectivity index (χ4n) is 1.72. The number of hydrogen-bond donors (Lipinski definition) is 3. The van der Waals surface area contributed by atoms with Crippen molar-refractivity contribution in [3.05, 3.63) is 28.8 Å².